The molecule has 0 amide bonds. The highest BCUT2D eigenvalue weighted by atomic mass is 32.2. The van der Waals surface area contributed by atoms with Crippen LogP contribution in [-0.4, -0.2) is 32.2 Å². The first-order chi connectivity index (χ1) is 12.9. The average Bonchev–Trinajstić information content (AvgIpc) is 3.04. The molecule has 27 heavy (non-hydrogen) atoms. The fourth-order valence-electron chi connectivity index (χ4n) is 2.77. The molecule has 7 nitrogen and oxygen atoms in total. The Morgan fingerprint density at radius 3 is 2.44 bits per heavy atom. The lowest BCUT2D eigenvalue weighted by Gasteiger charge is -2.07. The molecule has 0 saturated heterocycles. The van der Waals surface area contributed by atoms with E-state index in [0.717, 1.165) is 17.4 Å². The third-order valence-electron chi connectivity index (χ3n) is 4.09. The summed E-state index contributed by atoms with van der Waals surface area (Å²) in [6.07, 6.45) is 1.79. The first-order valence-corrected chi connectivity index (χ1v) is 9.95. The zero-order valence-electron chi connectivity index (χ0n) is 14.8. The predicted octanol–water partition coefficient (Wildman–Crippen LogP) is 2.54. The van der Waals surface area contributed by atoms with Gasteiger partial charge in [0.15, 0.2) is 0 Å². The summed E-state index contributed by atoms with van der Waals surface area (Å²) in [7, 11) is -3.73. The van der Waals surface area contributed by atoms with Crippen molar-refractivity contribution in [1.29, 1.82) is 0 Å². The zero-order valence-corrected chi connectivity index (χ0v) is 15.6. The molecule has 1 aromatic heterocycles. The third kappa shape index (κ3) is 4.29. The maximum absolute atomic E-state index is 12.4. The molecule has 0 aliphatic rings. The van der Waals surface area contributed by atoms with E-state index in [9.17, 15) is 13.2 Å². The molecule has 0 spiro atoms. The Kier molecular flexibility index (Phi) is 5.48. The van der Waals surface area contributed by atoms with Crippen LogP contribution in [0, 0.1) is 0 Å². The van der Waals surface area contributed by atoms with Crippen molar-refractivity contribution in [1.82, 2.24) is 4.57 Å². The Bertz CT molecular complexity index is 1060. The van der Waals surface area contributed by atoms with E-state index in [4.69, 9.17) is 14.6 Å². The van der Waals surface area contributed by atoms with Crippen LogP contribution in [0.5, 0.6) is 5.75 Å². The van der Waals surface area contributed by atoms with E-state index in [1.807, 2.05) is 35.8 Å². The SMILES string of the molecule is CCn1cc(C(=O)OCCOc2ccc(S(N)(=O)=O)cc2)c2ccccc21. The molecule has 0 saturated carbocycles. The minimum absolute atomic E-state index is 0.00796. The number of aromatic nitrogens is 1. The van der Waals surface area contributed by atoms with Gasteiger partial charge in [0.1, 0.15) is 19.0 Å². The van der Waals surface area contributed by atoms with Gasteiger partial charge in [0, 0.05) is 23.6 Å². The second kappa shape index (κ2) is 7.81. The molecular weight excluding hydrogens is 368 g/mol. The van der Waals surface area contributed by atoms with E-state index in [2.05, 4.69) is 0 Å². The van der Waals surface area contributed by atoms with Crippen LogP contribution in [0.15, 0.2) is 59.6 Å². The van der Waals surface area contributed by atoms with Crippen LogP contribution in [0.4, 0.5) is 0 Å². The van der Waals surface area contributed by atoms with Crippen LogP contribution in [0.2, 0.25) is 0 Å². The summed E-state index contributed by atoms with van der Waals surface area (Å²) in [5, 5.41) is 5.89. The maximum atomic E-state index is 12.4. The third-order valence-corrected chi connectivity index (χ3v) is 5.02. The van der Waals surface area contributed by atoms with Gasteiger partial charge in [-0.2, -0.15) is 0 Å². The average molecular weight is 388 g/mol. The summed E-state index contributed by atoms with van der Waals surface area (Å²) >= 11 is 0. The van der Waals surface area contributed by atoms with Crippen LogP contribution in [0.3, 0.4) is 0 Å². The van der Waals surface area contributed by atoms with Gasteiger partial charge >= 0.3 is 5.97 Å². The van der Waals surface area contributed by atoms with Crippen molar-refractivity contribution in [3.8, 4) is 5.75 Å². The molecule has 2 N–H and O–H groups in total. The first-order valence-electron chi connectivity index (χ1n) is 8.41. The number of esters is 1. The van der Waals surface area contributed by atoms with Crippen molar-refractivity contribution < 1.29 is 22.7 Å². The number of benzene rings is 2. The van der Waals surface area contributed by atoms with Crippen LogP contribution >= 0.6 is 0 Å². The topological polar surface area (TPSA) is 101 Å². The van der Waals surface area contributed by atoms with Gasteiger partial charge in [-0.3, -0.25) is 0 Å². The van der Waals surface area contributed by atoms with Gasteiger partial charge in [-0.25, -0.2) is 18.4 Å². The number of rotatable bonds is 7. The maximum Gasteiger partial charge on any atom is 0.340 e. The van der Waals surface area contributed by atoms with Gasteiger partial charge in [0.05, 0.1) is 10.5 Å². The number of fused-ring (bicyclic) bond motifs is 1. The van der Waals surface area contributed by atoms with Crippen LogP contribution in [0.1, 0.15) is 17.3 Å². The monoisotopic (exact) mass is 388 g/mol. The highest BCUT2D eigenvalue weighted by molar-refractivity contribution is 7.89. The van der Waals surface area contributed by atoms with Crippen LogP contribution < -0.4 is 9.88 Å². The lowest BCUT2D eigenvalue weighted by molar-refractivity contribution is 0.0452. The zero-order chi connectivity index (χ0) is 19.4. The van der Waals surface area contributed by atoms with Crippen LogP contribution in [0.25, 0.3) is 10.9 Å². The van der Waals surface area contributed by atoms with Gasteiger partial charge in [-0.05, 0) is 37.3 Å². The lowest BCUT2D eigenvalue weighted by atomic mass is 10.2. The Balaban J connectivity index is 1.57. The number of nitrogens with two attached hydrogens (primary N) is 1. The molecule has 0 atom stereocenters. The smallest absolute Gasteiger partial charge is 0.340 e. The highest BCUT2D eigenvalue weighted by Crippen LogP contribution is 2.22. The number of carbonyl (C=O) groups is 1. The molecule has 0 fully saturated rings. The van der Waals surface area contributed by atoms with Crippen molar-refractivity contribution in [3.63, 3.8) is 0 Å². The Morgan fingerprint density at radius 1 is 1.07 bits per heavy atom. The number of carbonyl (C=O) groups excluding carboxylic acids is 1. The van der Waals surface area contributed by atoms with E-state index in [-0.39, 0.29) is 18.1 Å². The molecule has 0 aliphatic carbocycles. The molecule has 0 aliphatic heterocycles. The predicted molar refractivity (Wildman–Crippen MR) is 101 cm³/mol. The molecule has 3 rings (SSSR count). The molecule has 8 heteroatoms. The minimum Gasteiger partial charge on any atom is -0.490 e. The van der Waals surface area contributed by atoms with E-state index >= 15 is 0 Å². The second-order valence-electron chi connectivity index (χ2n) is 5.85. The number of aryl methyl sites for hydroxylation is 1. The van der Waals surface area contributed by atoms with E-state index in [0.29, 0.717) is 11.3 Å². The lowest BCUT2D eigenvalue weighted by Crippen LogP contribution is -2.13. The molecule has 2 aromatic carbocycles. The summed E-state index contributed by atoms with van der Waals surface area (Å²) in [5.41, 5.74) is 1.50. The summed E-state index contributed by atoms with van der Waals surface area (Å²) in [6, 6.07) is 13.4. The fourth-order valence-corrected chi connectivity index (χ4v) is 3.28. The Hall–Kier alpha value is -2.84. The Labute approximate surface area is 157 Å². The number of nitrogens with zero attached hydrogens (tertiary/aromatic N) is 1. The molecule has 3 aromatic rings. The molecule has 0 bridgehead atoms. The molecule has 142 valence electrons. The number of para-hydroxylation sites is 1. The highest BCUT2D eigenvalue weighted by Gasteiger charge is 2.15. The molecular formula is C19H20N2O5S. The Morgan fingerprint density at radius 2 is 1.78 bits per heavy atom. The quantitative estimate of drug-likeness (QED) is 0.495. The largest absolute Gasteiger partial charge is 0.490 e. The molecule has 0 radical (unpaired) electrons. The van der Waals surface area contributed by atoms with Crippen molar-refractivity contribution in [3.05, 3.63) is 60.3 Å². The van der Waals surface area contributed by atoms with Crippen LogP contribution in [-0.2, 0) is 21.3 Å². The van der Waals surface area contributed by atoms with E-state index < -0.39 is 16.0 Å². The summed E-state index contributed by atoms with van der Waals surface area (Å²) in [6.45, 7) is 2.98. The number of hydrogen-bond donors (Lipinski definition) is 1. The second-order valence-corrected chi connectivity index (χ2v) is 7.41. The molecule has 1 heterocycles. The van der Waals surface area contributed by atoms with Crippen molar-refractivity contribution >= 4 is 26.9 Å². The van der Waals surface area contributed by atoms with Crippen molar-refractivity contribution in [2.24, 2.45) is 5.14 Å². The fraction of sp³-hybridized carbons (Fsp3) is 0.211. The first kappa shape index (κ1) is 18.9. The normalized spacial score (nSPS) is 11.5. The van der Waals surface area contributed by atoms with Gasteiger partial charge in [0.2, 0.25) is 10.0 Å². The van der Waals surface area contributed by atoms with E-state index in [1.54, 1.807) is 6.20 Å². The van der Waals surface area contributed by atoms with Gasteiger partial charge in [-0.15, -0.1) is 0 Å². The van der Waals surface area contributed by atoms with Gasteiger partial charge in [0.25, 0.3) is 0 Å². The summed E-state index contributed by atoms with van der Waals surface area (Å²) in [5.74, 6) is 0.0487. The summed E-state index contributed by atoms with van der Waals surface area (Å²) in [4.78, 5) is 12.4. The number of hydrogen-bond acceptors (Lipinski definition) is 5. The molecule has 0 unspecified atom stereocenters. The summed E-state index contributed by atoms with van der Waals surface area (Å²) < 4.78 is 35.2. The number of primary sulfonamides is 1. The minimum atomic E-state index is -3.73. The van der Waals surface area contributed by atoms with Gasteiger partial charge in [-0.1, -0.05) is 18.2 Å². The number of sulfonamides is 1. The standard InChI is InChI=1S/C19H20N2O5S/c1-2-21-13-17(16-5-3-4-6-18(16)21)19(22)26-12-11-25-14-7-9-15(10-8-14)27(20,23)24/h3-10,13H,2,11-12H2,1H3,(H2,20,23,24). The van der Waals surface area contributed by atoms with E-state index in [1.165, 1.54) is 24.3 Å². The van der Waals surface area contributed by atoms with Crippen molar-refractivity contribution in [2.75, 3.05) is 13.2 Å². The van der Waals surface area contributed by atoms with Gasteiger partial charge < -0.3 is 14.0 Å². The van der Waals surface area contributed by atoms with Crippen molar-refractivity contribution in [2.45, 2.75) is 18.4 Å². The number of ether oxygens (including phenoxy) is 2.